The van der Waals surface area contributed by atoms with Crippen LogP contribution in [-0.4, -0.2) is 84.1 Å². The van der Waals surface area contributed by atoms with Crippen LogP contribution < -0.4 is 24.3 Å². The predicted octanol–water partition coefficient (Wildman–Crippen LogP) is 8.46. The number of aromatic nitrogens is 1. The fourth-order valence-electron chi connectivity index (χ4n) is 7.23. The Bertz CT molecular complexity index is 2070. The topological polar surface area (TPSA) is 120 Å². The van der Waals surface area contributed by atoms with Crippen LogP contribution in [0, 0.1) is 11.8 Å². The molecule has 3 aromatic carbocycles. The zero-order valence-electron chi connectivity index (χ0n) is 32.0. The van der Waals surface area contributed by atoms with Crippen LogP contribution in [0.5, 0.6) is 23.0 Å². The molecular weight excluding hydrogens is 842 g/mol. The number of nitrogens with zero attached hydrogens (tertiary/aromatic N) is 3. The molecule has 19 heteroatoms. The lowest BCUT2D eigenvalue weighted by atomic mass is 9.75. The fourth-order valence-corrected chi connectivity index (χ4v) is 8.24. The van der Waals surface area contributed by atoms with E-state index in [1.165, 1.54) is 53.3 Å². The van der Waals surface area contributed by atoms with Gasteiger partial charge in [-0.1, -0.05) is 49.1 Å². The van der Waals surface area contributed by atoms with Crippen LogP contribution >= 0.6 is 22.9 Å². The summed E-state index contributed by atoms with van der Waals surface area (Å²) in [5, 5.41) is 5.14. The summed E-state index contributed by atoms with van der Waals surface area (Å²) in [7, 11) is 0. The predicted molar refractivity (Wildman–Crippen MR) is 208 cm³/mol. The van der Waals surface area contributed by atoms with Crippen LogP contribution in [0.3, 0.4) is 0 Å². The Hall–Kier alpha value is -5.23. The van der Waals surface area contributed by atoms with Crippen molar-refractivity contribution in [2.75, 3.05) is 32.8 Å². The molecule has 4 aromatic rings. The first-order valence-electron chi connectivity index (χ1n) is 19.1. The molecule has 60 heavy (non-hydrogen) atoms. The van der Waals surface area contributed by atoms with Gasteiger partial charge in [0, 0.05) is 30.0 Å². The molecule has 0 spiro atoms. The quantitative estimate of drug-likeness (QED) is 0.111. The van der Waals surface area contributed by atoms with Crippen molar-refractivity contribution in [3.05, 3.63) is 99.5 Å². The zero-order valence-corrected chi connectivity index (χ0v) is 33.5. The van der Waals surface area contributed by atoms with E-state index >= 15 is 0 Å². The molecule has 3 amide bonds. The van der Waals surface area contributed by atoms with Crippen molar-refractivity contribution < 1.29 is 59.7 Å². The number of benzene rings is 3. The van der Waals surface area contributed by atoms with Crippen molar-refractivity contribution in [3.63, 3.8) is 0 Å². The Morgan fingerprint density at radius 2 is 1.47 bits per heavy atom. The third-order valence-corrected chi connectivity index (χ3v) is 11.3. The highest BCUT2D eigenvalue weighted by Crippen LogP contribution is 2.36. The van der Waals surface area contributed by atoms with Gasteiger partial charge in [-0.3, -0.25) is 14.4 Å². The third-order valence-electron chi connectivity index (χ3n) is 10.1. The van der Waals surface area contributed by atoms with E-state index in [1.807, 2.05) is 4.90 Å². The molecule has 1 saturated heterocycles. The number of alkyl halides is 6. The van der Waals surface area contributed by atoms with E-state index < -0.39 is 55.3 Å². The minimum absolute atomic E-state index is 0.0236. The van der Waals surface area contributed by atoms with Gasteiger partial charge in [0.2, 0.25) is 0 Å². The molecule has 1 aromatic heterocycles. The Morgan fingerprint density at radius 3 is 2.12 bits per heavy atom. The van der Waals surface area contributed by atoms with E-state index in [-0.39, 0.29) is 36.2 Å². The number of thiazole rings is 1. The highest BCUT2D eigenvalue weighted by atomic mass is 35.5. The van der Waals surface area contributed by atoms with Crippen molar-refractivity contribution in [1.29, 1.82) is 0 Å². The van der Waals surface area contributed by atoms with Gasteiger partial charge in [-0.25, -0.2) is 4.98 Å². The molecule has 3 atom stereocenters. The van der Waals surface area contributed by atoms with Crippen LogP contribution in [0.4, 0.5) is 26.3 Å². The third kappa shape index (κ3) is 13.1. The van der Waals surface area contributed by atoms with Gasteiger partial charge < -0.3 is 34.1 Å². The number of ether oxygens (including phenoxy) is 4. The summed E-state index contributed by atoms with van der Waals surface area (Å²) in [5.74, 6) is -1.43. The number of piperidine rings is 1. The number of carbonyl (C=O) groups is 3. The first kappa shape index (κ1) is 44.3. The summed E-state index contributed by atoms with van der Waals surface area (Å²) in [5.41, 5.74) is 1.01. The second-order valence-corrected chi connectivity index (χ2v) is 15.7. The number of hydrogen-bond acceptors (Lipinski definition) is 9. The zero-order chi connectivity index (χ0) is 42.9. The normalized spacial score (nSPS) is 17.2. The van der Waals surface area contributed by atoms with Crippen molar-refractivity contribution >= 4 is 40.7 Å². The van der Waals surface area contributed by atoms with Gasteiger partial charge in [-0.2, -0.15) is 0 Å². The second kappa shape index (κ2) is 19.9. The molecule has 322 valence electrons. The number of halogens is 7. The first-order valence-corrected chi connectivity index (χ1v) is 20.4. The Labute approximate surface area is 350 Å². The monoisotopic (exact) mass is 882 g/mol. The maximum absolute atomic E-state index is 14.5. The number of amides is 3. The molecular formula is C41H41ClF6N4O7S. The number of likely N-dealkylation sites (tertiary alicyclic amines) is 1. The number of fused-ring (bicyclic) bond motifs is 1. The van der Waals surface area contributed by atoms with Crippen LogP contribution in [-0.2, 0) is 22.6 Å². The minimum atomic E-state index is -4.94. The average Bonchev–Trinajstić information content (AvgIpc) is 3.68. The molecule has 1 aliphatic carbocycles. The lowest BCUT2D eigenvalue weighted by Gasteiger charge is -2.41. The SMILES string of the molecule is O=C(COc1ccc(OC(F)(F)F)cc1)NCC(Oc1ccc(OC(F)(F)F)cc1)C(=O)N(CCc1ccccc1Cl)Cc1nc(C(=O)N2CC[C@@H]3CCCC[C@@H]3C2)cs1. The lowest BCUT2D eigenvalue weighted by Crippen LogP contribution is -2.48. The van der Waals surface area contributed by atoms with Crippen LogP contribution in [0.25, 0.3) is 0 Å². The molecule has 2 heterocycles. The Kier molecular flexibility index (Phi) is 14.7. The molecule has 1 unspecified atom stereocenters. The second-order valence-electron chi connectivity index (χ2n) is 14.3. The summed E-state index contributed by atoms with van der Waals surface area (Å²) in [6.45, 7) is 0.313. The van der Waals surface area contributed by atoms with E-state index in [9.17, 15) is 40.7 Å². The smallest absolute Gasteiger partial charge is 0.484 e. The highest BCUT2D eigenvalue weighted by Gasteiger charge is 2.35. The molecule has 0 radical (unpaired) electrons. The van der Waals surface area contributed by atoms with Crippen LogP contribution in [0.1, 0.15) is 53.2 Å². The molecule has 1 aliphatic heterocycles. The van der Waals surface area contributed by atoms with Gasteiger partial charge in [0.05, 0.1) is 13.1 Å². The van der Waals surface area contributed by atoms with Gasteiger partial charge in [-0.05, 0) is 91.3 Å². The summed E-state index contributed by atoms with van der Waals surface area (Å²) in [6, 6.07) is 15.8. The van der Waals surface area contributed by atoms with Crippen LogP contribution in [0.2, 0.25) is 5.02 Å². The van der Waals surface area contributed by atoms with E-state index in [0.29, 0.717) is 41.4 Å². The van der Waals surface area contributed by atoms with Crippen LogP contribution in [0.15, 0.2) is 78.2 Å². The van der Waals surface area contributed by atoms with E-state index in [4.69, 9.17) is 21.1 Å². The van der Waals surface area contributed by atoms with Crippen molar-refractivity contribution in [3.8, 4) is 23.0 Å². The largest absolute Gasteiger partial charge is 0.573 e. The van der Waals surface area contributed by atoms with E-state index in [1.54, 1.807) is 29.6 Å². The van der Waals surface area contributed by atoms with Gasteiger partial charge in [0.25, 0.3) is 17.7 Å². The summed E-state index contributed by atoms with van der Waals surface area (Å²) in [4.78, 5) is 48.9. The fraction of sp³-hybridized carbons (Fsp3) is 0.415. The number of hydrogen-bond donors (Lipinski definition) is 1. The van der Waals surface area contributed by atoms with E-state index in [0.717, 1.165) is 49.1 Å². The molecule has 2 fully saturated rings. The number of carbonyl (C=O) groups excluding carboxylic acids is 3. The molecule has 0 bridgehead atoms. The highest BCUT2D eigenvalue weighted by molar-refractivity contribution is 7.09. The Balaban J connectivity index is 1.18. The van der Waals surface area contributed by atoms with Gasteiger partial charge >= 0.3 is 12.7 Å². The van der Waals surface area contributed by atoms with Crippen molar-refractivity contribution in [2.45, 2.75) is 63.9 Å². The summed E-state index contributed by atoms with van der Waals surface area (Å²) >= 11 is 7.65. The standard InChI is InChI=1S/C41H41ClF6N4O7S/c42-33-8-4-3-6-27(33)18-20-52(23-37-50-34(25-60-37)38(54)51-19-17-26-5-1-2-7-28(26)22-51)39(55)35(57-30-11-15-32(16-12-30)59-41(46,47)48)21-49-36(53)24-56-29-9-13-31(14-10-29)58-40(43,44)45/h3-4,6,8-16,25-26,28,35H,1-2,5,7,17-24H2,(H,49,53)/t26-,28+,35?/m0/s1. The molecule has 6 rings (SSSR count). The maximum Gasteiger partial charge on any atom is 0.573 e. The Morgan fingerprint density at radius 1 is 0.850 bits per heavy atom. The lowest BCUT2D eigenvalue weighted by molar-refractivity contribution is -0.275. The van der Waals surface area contributed by atoms with Crippen molar-refractivity contribution in [2.24, 2.45) is 11.8 Å². The molecule has 1 saturated carbocycles. The molecule has 2 aliphatic rings. The van der Waals surface area contributed by atoms with E-state index in [2.05, 4.69) is 19.8 Å². The average molecular weight is 883 g/mol. The van der Waals surface area contributed by atoms with Gasteiger partial charge in [0.15, 0.2) is 12.7 Å². The summed E-state index contributed by atoms with van der Waals surface area (Å²) < 4.78 is 95.3. The number of nitrogens with one attached hydrogen (secondary N) is 1. The molecule has 11 nitrogen and oxygen atoms in total. The number of rotatable bonds is 16. The minimum Gasteiger partial charge on any atom is -0.484 e. The summed E-state index contributed by atoms with van der Waals surface area (Å²) in [6.07, 6.45) is -5.38. The van der Waals surface area contributed by atoms with Gasteiger partial charge in [-0.15, -0.1) is 37.7 Å². The van der Waals surface area contributed by atoms with Crippen molar-refractivity contribution in [1.82, 2.24) is 20.1 Å². The van der Waals surface area contributed by atoms with Gasteiger partial charge in [0.1, 0.15) is 33.7 Å². The molecule has 1 N–H and O–H groups in total. The first-order chi connectivity index (χ1) is 28.6. The maximum atomic E-state index is 14.5.